The van der Waals surface area contributed by atoms with Crippen LogP contribution in [0.2, 0.25) is 0 Å². The van der Waals surface area contributed by atoms with Gasteiger partial charge in [-0.05, 0) is 20.3 Å². The Morgan fingerprint density at radius 3 is 2.67 bits per heavy atom. The monoisotopic (exact) mass is 216 g/mol. The molecule has 5 atom stereocenters. The second-order valence-corrected chi connectivity index (χ2v) is 4.66. The van der Waals surface area contributed by atoms with Gasteiger partial charge in [0.2, 0.25) is 0 Å². The highest BCUT2D eigenvalue weighted by Crippen LogP contribution is 2.41. The molecule has 1 aliphatic heterocycles. The molecule has 2 fully saturated rings. The molecule has 0 radical (unpaired) electrons. The number of carbonyl (C=O) groups excluding carboxylic acids is 1. The lowest BCUT2D eigenvalue weighted by Gasteiger charge is -2.24. The Balaban J connectivity index is 2.08. The number of fused-ring (bicyclic) bond motifs is 1. The third-order valence-electron chi connectivity index (χ3n) is 3.08. The van der Waals surface area contributed by atoms with Crippen molar-refractivity contribution in [1.29, 1.82) is 0 Å². The predicted molar refractivity (Wildman–Crippen MR) is 50.0 cm³/mol. The van der Waals surface area contributed by atoms with Crippen molar-refractivity contribution in [2.24, 2.45) is 5.92 Å². The lowest BCUT2D eigenvalue weighted by atomic mass is 9.99. The Bertz CT molecular complexity index is 265. The van der Waals surface area contributed by atoms with Crippen molar-refractivity contribution in [2.45, 2.75) is 50.5 Å². The molecular weight excluding hydrogens is 200 g/mol. The summed E-state index contributed by atoms with van der Waals surface area (Å²) in [5.74, 6) is -1.17. The Morgan fingerprint density at radius 1 is 1.47 bits per heavy atom. The molecule has 0 amide bonds. The predicted octanol–water partition coefficient (Wildman–Crippen LogP) is -0.553. The highest BCUT2D eigenvalue weighted by molar-refractivity contribution is 5.56. The van der Waals surface area contributed by atoms with E-state index < -0.39 is 30.0 Å². The molecule has 2 N–H and O–H groups in total. The van der Waals surface area contributed by atoms with Crippen molar-refractivity contribution in [1.82, 2.24) is 0 Å². The third kappa shape index (κ3) is 1.80. The van der Waals surface area contributed by atoms with Crippen LogP contribution in [0.3, 0.4) is 0 Å². The highest BCUT2D eigenvalue weighted by atomic mass is 16.8. The van der Waals surface area contributed by atoms with E-state index in [9.17, 15) is 15.0 Å². The molecule has 15 heavy (non-hydrogen) atoms. The van der Waals surface area contributed by atoms with Gasteiger partial charge in [-0.15, -0.1) is 0 Å². The molecule has 0 aromatic carbocycles. The van der Waals surface area contributed by atoms with Gasteiger partial charge in [0.25, 0.3) is 0 Å². The van der Waals surface area contributed by atoms with Crippen LogP contribution in [0.1, 0.15) is 20.3 Å². The maximum Gasteiger partial charge on any atom is 0.163 e. The minimum absolute atomic E-state index is 0.227. The summed E-state index contributed by atoms with van der Waals surface area (Å²) in [6, 6.07) is 0. The third-order valence-corrected chi connectivity index (χ3v) is 3.08. The van der Waals surface area contributed by atoms with E-state index in [1.165, 1.54) is 0 Å². The molecule has 5 heteroatoms. The Labute approximate surface area is 88.0 Å². The number of rotatable bonds is 2. The average molecular weight is 216 g/mol. The summed E-state index contributed by atoms with van der Waals surface area (Å²) in [6.07, 6.45) is -1.73. The fraction of sp³-hybridized carbons (Fsp3) is 0.900. The van der Waals surface area contributed by atoms with Gasteiger partial charge in [0.15, 0.2) is 5.79 Å². The summed E-state index contributed by atoms with van der Waals surface area (Å²) in [5, 5.41) is 19.2. The number of hydrogen-bond acceptors (Lipinski definition) is 5. The average Bonchev–Trinajstić information content (AvgIpc) is 2.60. The first-order chi connectivity index (χ1) is 6.94. The molecule has 5 unspecified atom stereocenters. The van der Waals surface area contributed by atoms with Crippen LogP contribution >= 0.6 is 0 Å². The zero-order valence-corrected chi connectivity index (χ0v) is 8.79. The maximum atomic E-state index is 10.4. The summed E-state index contributed by atoms with van der Waals surface area (Å²) < 4.78 is 11.1. The molecule has 0 aromatic heterocycles. The van der Waals surface area contributed by atoms with Crippen LogP contribution in [0.25, 0.3) is 0 Å². The van der Waals surface area contributed by atoms with Crippen molar-refractivity contribution in [3.63, 3.8) is 0 Å². The zero-order valence-electron chi connectivity index (χ0n) is 8.79. The molecule has 86 valence electrons. The van der Waals surface area contributed by atoms with Crippen LogP contribution in [0.4, 0.5) is 0 Å². The summed E-state index contributed by atoms with van der Waals surface area (Å²) in [5.41, 5.74) is 0. The first kappa shape index (κ1) is 11.0. The van der Waals surface area contributed by atoms with Gasteiger partial charge in [0, 0.05) is 5.92 Å². The van der Waals surface area contributed by atoms with Gasteiger partial charge in [-0.3, -0.25) is 0 Å². The molecule has 1 heterocycles. The van der Waals surface area contributed by atoms with Gasteiger partial charge in [-0.2, -0.15) is 0 Å². The molecular formula is C10H16O5. The second kappa shape index (κ2) is 3.52. The van der Waals surface area contributed by atoms with Crippen molar-refractivity contribution < 1.29 is 24.5 Å². The van der Waals surface area contributed by atoms with Crippen molar-refractivity contribution in [3.05, 3.63) is 0 Å². The smallest absolute Gasteiger partial charge is 0.163 e. The van der Waals surface area contributed by atoms with Gasteiger partial charge in [0.05, 0.1) is 12.2 Å². The summed E-state index contributed by atoms with van der Waals surface area (Å²) in [4.78, 5) is 10.4. The van der Waals surface area contributed by atoms with Crippen LogP contribution < -0.4 is 0 Å². The Morgan fingerprint density at radius 2 is 2.13 bits per heavy atom. The SMILES string of the molecule is CC1(C)OC2CC(C(O)C=O)C(O)C2O1. The number of aliphatic hydroxyl groups is 2. The molecule has 1 saturated carbocycles. The van der Waals surface area contributed by atoms with E-state index in [2.05, 4.69) is 0 Å². The molecule has 2 rings (SSSR count). The zero-order chi connectivity index (χ0) is 11.2. The standard InChI is InChI=1S/C10H16O5/c1-10(2)14-7-3-5(6(12)4-11)8(13)9(7)15-10/h4-9,12-13H,3H2,1-2H3. The first-order valence-corrected chi connectivity index (χ1v) is 5.11. The van der Waals surface area contributed by atoms with Crippen LogP contribution in [0.5, 0.6) is 0 Å². The van der Waals surface area contributed by atoms with E-state index in [-0.39, 0.29) is 6.10 Å². The van der Waals surface area contributed by atoms with E-state index in [1.54, 1.807) is 13.8 Å². The van der Waals surface area contributed by atoms with Gasteiger partial charge >= 0.3 is 0 Å². The first-order valence-electron chi connectivity index (χ1n) is 5.11. The maximum absolute atomic E-state index is 10.4. The lowest BCUT2D eigenvalue weighted by Crippen LogP contribution is -2.36. The van der Waals surface area contributed by atoms with E-state index in [0.29, 0.717) is 12.7 Å². The topological polar surface area (TPSA) is 76.0 Å². The molecule has 1 saturated heterocycles. The van der Waals surface area contributed by atoms with Crippen LogP contribution in [-0.4, -0.2) is 46.7 Å². The minimum atomic E-state index is -1.14. The van der Waals surface area contributed by atoms with Crippen LogP contribution in [-0.2, 0) is 14.3 Å². The molecule has 2 aliphatic rings. The van der Waals surface area contributed by atoms with Crippen LogP contribution in [0.15, 0.2) is 0 Å². The van der Waals surface area contributed by atoms with Crippen molar-refractivity contribution in [3.8, 4) is 0 Å². The Kier molecular flexibility index (Phi) is 2.58. The molecule has 5 nitrogen and oxygen atoms in total. The van der Waals surface area contributed by atoms with E-state index in [4.69, 9.17) is 9.47 Å². The minimum Gasteiger partial charge on any atom is -0.390 e. The van der Waals surface area contributed by atoms with Crippen molar-refractivity contribution in [2.75, 3.05) is 0 Å². The Hall–Kier alpha value is -0.490. The second-order valence-electron chi connectivity index (χ2n) is 4.66. The molecule has 1 aliphatic carbocycles. The van der Waals surface area contributed by atoms with E-state index in [1.807, 2.05) is 0 Å². The molecule has 0 spiro atoms. The van der Waals surface area contributed by atoms with Gasteiger partial charge < -0.3 is 24.5 Å². The number of aliphatic hydroxyl groups excluding tert-OH is 2. The summed E-state index contributed by atoms with van der Waals surface area (Å²) in [6.45, 7) is 3.56. The largest absolute Gasteiger partial charge is 0.390 e. The van der Waals surface area contributed by atoms with Gasteiger partial charge in [-0.25, -0.2) is 0 Å². The number of ether oxygens (including phenoxy) is 2. The summed E-state index contributed by atoms with van der Waals surface area (Å²) in [7, 11) is 0. The van der Waals surface area contributed by atoms with Crippen LogP contribution in [0, 0.1) is 5.92 Å². The number of aldehydes is 1. The highest BCUT2D eigenvalue weighted by Gasteiger charge is 2.54. The van der Waals surface area contributed by atoms with E-state index >= 15 is 0 Å². The molecule has 0 aromatic rings. The number of hydrogen-bond donors (Lipinski definition) is 2. The van der Waals surface area contributed by atoms with Gasteiger partial charge in [-0.1, -0.05) is 0 Å². The quantitative estimate of drug-likeness (QED) is 0.605. The van der Waals surface area contributed by atoms with Gasteiger partial charge in [0.1, 0.15) is 18.5 Å². The fourth-order valence-corrected chi connectivity index (χ4v) is 2.43. The van der Waals surface area contributed by atoms with Crippen molar-refractivity contribution >= 4 is 6.29 Å². The molecule has 0 bridgehead atoms. The summed E-state index contributed by atoms with van der Waals surface area (Å²) >= 11 is 0. The fourth-order valence-electron chi connectivity index (χ4n) is 2.43. The lowest BCUT2D eigenvalue weighted by molar-refractivity contribution is -0.172. The van der Waals surface area contributed by atoms with E-state index in [0.717, 1.165) is 0 Å². The number of carbonyl (C=O) groups is 1. The normalized spacial score (nSPS) is 45.1.